The van der Waals surface area contributed by atoms with Gasteiger partial charge in [0.25, 0.3) is 0 Å². The van der Waals surface area contributed by atoms with Gasteiger partial charge in [-0.25, -0.2) is 4.98 Å². The van der Waals surface area contributed by atoms with Crippen LogP contribution in [0.5, 0.6) is 0 Å². The molecular formula is C14H15ClN2OS. The van der Waals surface area contributed by atoms with Crippen LogP contribution >= 0.6 is 22.9 Å². The quantitative estimate of drug-likeness (QED) is 0.616. The van der Waals surface area contributed by atoms with E-state index in [4.69, 9.17) is 11.6 Å². The minimum absolute atomic E-state index is 0.0280. The molecule has 0 saturated heterocycles. The number of rotatable bonds is 5. The number of aromatic nitrogens is 1. The molecule has 100 valence electrons. The van der Waals surface area contributed by atoms with Crippen molar-refractivity contribution in [2.75, 3.05) is 17.3 Å². The molecule has 1 aromatic heterocycles. The van der Waals surface area contributed by atoms with Gasteiger partial charge in [-0.15, -0.1) is 22.9 Å². The lowest BCUT2D eigenvalue weighted by molar-refractivity contribution is 0.101. The normalized spacial score (nSPS) is 10.5. The number of halogens is 1. The first-order valence-electron chi connectivity index (χ1n) is 6.04. The highest BCUT2D eigenvalue weighted by molar-refractivity contribution is 7.14. The zero-order chi connectivity index (χ0) is 13.8. The Morgan fingerprint density at radius 2 is 2.26 bits per heavy atom. The van der Waals surface area contributed by atoms with Gasteiger partial charge >= 0.3 is 0 Å². The van der Waals surface area contributed by atoms with E-state index in [1.54, 1.807) is 5.38 Å². The van der Waals surface area contributed by atoms with E-state index < -0.39 is 0 Å². The number of thiazole rings is 1. The number of benzene rings is 1. The molecular weight excluding hydrogens is 280 g/mol. The van der Waals surface area contributed by atoms with Crippen molar-refractivity contribution in [1.29, 1.82) is 0 Å². The Hall–Kier alpha value is -1.39. The molecule has 0 radical (unpaired) electrons. The Morgan fingerprint density at radius 3 is 2.89 bits per heavy atom. The van der Waals surface area contributed by atoms with Gasteiger partial charge in [0.05, 0.1) is 5.88 Å². The second-order valence-electron chi connectivity index (χ2n) is 4.16. The molecule has 5 heteroatoms. The molecule has 1 aromatic carbocycles. The van der Waals surface area contributed by atoms with Crippen molar-refractivity contribution in [3.63, 3.8) is 0 Å². The fraction of sp³-hybridized carbons (Fsp3) is 0.286. The fourth-order valence-electron chi connectivity index (χ4n) is 1.81. The molecule has 0 amide bonds. The van der Waals surface area contributed by atoms with Gasteiger partial charge in [-0.2, -0.15) is 0 Å². The minimum Gasteiger partial charge on any atom is -0.318 e. The number of anilines is 2. The molecule has 2 aromatic rings. The van der Waals surface area contributed by atoms with Crippen molar-refractivity contribution in [2.24, 2.45) is 0 Å². The van der Waals surface area contributed by atoms with Crippen molar-refractivity contribution in [2.45, 2.75) is 13.8 Å². The number of nitrogens with zero attached hydrogens (tertiary/aromatic N) is 2. The van der Waals surface area contributed by atoms with E-state index in [0.717, 1.165) is 17.4 Å². The first-order valence-corrected chi connectivity index (χ1v) is 7.46. The Labute approximate surface area is 121 Å². The number of ketones is 1. The van der Waals surface area contributed by atoms with Gasteiger partial charge in [-0.05, 0) is 31.5 Å². The lowest BCUT2D eigenvalue weighted by atomic mass is 10.2. The van der Waals surface area contributed by atoms with Crippen molar-refractivity contribution < 1.29 is 4.79 Å². The van der Waals surface area contributed by atoms with Crippen LogP contribution in [0.1, 0.15) is 23.0 Å². The van der Waals surface area contributed by atoms with E-state index in [1.807, 2.05) is 12.1 Å². The van der Waals surface area contributed by atoms with Crippen LogP contribution in [0, 0.1) is 6.92 Å². The smallest absolute Gasteiger partial charge is 0.196 e. The van der Waals surface area contributed by atoms with E-state index in [-0.39, 0.29) is 11.7 Å². The monoisotopic (exact) mass is 294 g/mol. The first-order chi connectivity index (χ1) is 9.15. The van der Waals surface area contributed by atoms with Crippen LogP contribution in [0.25, 0.3) is 0 Å². The third kappa shape index (κ3) is 3.14. The highest BCUT2D eigenvalue weighted by atomic mass is 35.5. The maximum Gasteiger partial charge on any atom is 0.196 e. The summed E-state index contributed by atoms with van der Waals surface area (Å²) < 4.78 is 0. The number of carbonyl (C=O) groups excluding carboxylic acids is 1. The van der Waals surface area contributed by atoms with Crippen molar-refractivity contribution in [1.82, 2.24) is 4.98 Å². The largest absolute Gasteiger partial charge is 0.318 e. The lowest BCUT2D eigenvalue weighted by Gasteiger charge is -2.20. The predicted octanol–water partition coefficient (Wildman–Crippen LogP) is 4.03. The molecule has 0 atom stereocenters. The fourth-order valence-corrected chi connectivity index (χ4v) is 2.86. The zero-order valence-corrected chi connectivity index (χ0v) is 12.5. The number of carbonyl (C=O) groups is 1. The topological polar surface area (TPSA) is 33.2 Å². The summed E-state index contributed by atoms with van der Waals surface area (Å²) in [7, 11) is 0. The molecule has 0 unspecified atom stereocenters. The highest BCUT2D eigenvalue weighted by Crippen LogP contribution is 2.28. The van der Waals surface area contributed by atoms with Crippen LogP contribution in [0.15, 0.2) is 29.6 Å². The summed E-state index contributed by atoms with van der Waals surface area (Å²) in [5.41, 5.74) is 2.73. The molecule has 0 aliphatic heterocycles. The van der Waals surface area contributed by atoms with Gasteiger partial charge < -0.3 is 4.90 Å². The highest BCUT2D eigenvalue weighted by Gasteiger charge is 2.15. The van der Waals surface area contributed by atoms with E-state index in [1.165, 1.54) is 16.9 Å². The average molecular weight is 295 g/mol. The Morgan fingerprint density at radius 1 is 1.47 bits per heavy atom. The predicted molar refractivity (Wildman–Crippen MR) is 81.0 cm³/mol. The summed E-state index contributed by atoms with van der Waals surface area (Å²) >= 11 is 7.01. The molecule has 0 aliphatic rings. The van der Waals surface area contributed by atoms with Gasteiger partial charge in [0.2, 0.25) is 0 Å². The van der Waals surface area contributed by atoms with E-state index in [0.29, 0.717) is 5.69 Å². The van der Waals surface area contributed by atoms with E-state index in [2.05, 4.69) is 35.9 Å². The van der Waals surface area contributed by atoms with E-state index >= 15 is 0 Å². The van der Waals surface area contributed by atoms with Crippen molar-refractivity contribution in [3.05, 3.63) is 40.9 Å². The summed E-state index contributed by atoms with van der Waals surface area (Å²) in [5.74, 6) is -0.163. The summed E-state index contributed by atoms with van der Waals surface area (Å²) in [6, 6.07) is 8.22. The van der Waals surface area contributed by atoms with Crippen LogP contribution in [0.3, 0.4) is 0 Å². The summed E-state index contributed by atoms with van der Waals surface area (Å²) in [5, 5.41) is 2.58. The van der Waals surface area contributed by atoms with Gasteiger partial charge in [-0.3, -0.25) is 4.79 Å². The Kier molecular flexibility index (Phi) is 4.56. The molecule has 1 heterocycles. The Balaban J connectivity index is 2.32. The third-order valence-corrected chi connectivity index (χ3v) is 3.87. The molecule has 0 fully saturated rings. The number of alkyl halides is 1. The SMILES string of the molecule is CCN(c1cccc(C)c1)c1nc(C(=O)CCl)cs1. The molecule has 19 heavy (non-hydrogen) atoms. The molecule has 0 spiro atoms. The molecule has 0 aliphatic carbocycles. The number of Topliss-reactive ketones (excluding diaryl/α,β-unsaturated/α-hetero) is 1. The van der Waals surface area contributed by atoms with Crippen LogP contribution < -0.4 is 4.90 Å². The summed E-state index contributed by atoms with van der Waals surface area (Å²) in [6.45, 7) is 4.92. The van der Waals surface area contributed by atoms with Gasteiger partial charge in [0, 0.05) is 17.6 Å². The average Bonchev–Trinajstić information content (AvgIpc) is 2.88. The third-order valence-electron chi connectivity index (χ3n) is 2.76. The van der Waals surface area contributed by atoms with Crippen LogP contribution in [-0.4, -0.2) is 23.2 Å². The first kappa shape index (κ1) is 14.0. The van der Waals surface area contributed by atoms with E-state index in [9.17, 15) is 4.79 Å². The standard InChI is InChI=1S/C14H15ClN2OS/c1-3-17(11-6-4-5-10(2)7-11)14-16-12(9-19-14)13(18)8-15/h4-7,9H,3,8H2,1-2H3. The van der Waals surface area contributed by atoms with Crippen molar-refractivity contribution in [3.8, 4) is 0 Å². The minimum atomic E-state index is -0.135. The van der Waals surface area contributed by atoms with Gasteiger partial charge in [-0.1, -0.05) is 12.1 Å². The van der Waals surface area contributed by atoms with Crippen molar-refractivity contribution >= 4 is 39.5 Å². The Bertz CT molecular complexity index is 582. The number of hydrogen-bond acceptors (Lipinski definition) is 4. The second kappa shape index (κ2) is 6.17. The molecule has 0 bridgehead atoms. The lowest BCUT2D eigenvalue weighted by Crippen LogP contribution is -2.16. The number of aryl methyl sites for hydroxylation is 1. The summed E-state index contributed by atoms with van der Waals surface area (Å²) in [4.78, 5) is 18.0. The zero-order valence-electron chi connectivity index (χ0n) is 10.9. The van der Waals surface area contributed by atoms with Gasteiger partial charge in [0.15, 0.2) is 10.9 Å². The molecule has 2 rings (SSSR count). The maximum absolute atomic E-state index is 11.5. The second-order valence-corrected chi connectivity index (χ2v) is 5.26. The number of hydrogen-bond donors (Lipinski definition) is 0. The van der Waals surface area contributed by atoms with Crippen LogP contribution in [-0.2, 0) is 0 Å². The summed E-state index contributed by atoms with van der Waals surface area (Å²) in [6.07, 6.45) is 0. The molecule has 3 nitrogen and oxygen atoms in total. The molecule has 0 saturated carbocycles. The van der Waals surface area contributed by atoms with Gasteiger partial charge in [0.1, 0.15) is 5.69 Å². The molecule has 0 N–H and O–H groups in total. The van der Waals surface area contributed by atoms with Crippen LogP contribution in [0.4, 0.5) is 10.8 Å². The van der Waals surface area contributed by atoms with Crippen LogP contribution in [0.2, 0.25) is 0 Å². The maximum atomic E-state index is 11.5.